The second-order valence-corrected chi connectivity index (χ2v) is 7.03. The molecule has 0 aliphatic heterocycles. The minimum atomic E-state index is -0.881. The van der Waals surface area contributed by atoms with Gasteiger partial charge in [0, 0.05) is 11.3 Å². The number of hydrogen-bond donors (Lipinski definition) is 1. The fourth-order valence-corrected chi connectivity index (χ4v) is 3.90. The highest BCUT2D eigenvalue weighted by atomic mass is 32.1. The monoisotopic (exact) mass is 281 g/mol. The lowest BCUT2D eigenvalue weighted by atomic mass is 9.80. The van der Waals surface area contributed by atoms with Crippen molar-refractivity contribution in [2.75, 3.05) is 0 Å². The molecule has 1 heterocycles. The van der Waals surface area contributed by atoms with E-state index in [4.69, 9.17) is 0 Å². The lowest BCUT2D eigenvalue weighted by Gasteiger charge is -2.27. The molecule has 1 saturated carbocycles. The molecule has 0 spiro atoms. The highest BCUT2D eigenvalue weighted by Gasteiger charge is 2.33. The third-order valence-electron chi connectivity index (χ3n) is 4.41. The Labute approximate surface area is 119 Å². The first-order valence-corrected chi connectivity index (χ1v) is 8.02. The number of carbonyl (C=O) groups is 1. The minimum Gasteiger partial charge on any atom is -0.481 e. The van der Waals surface area contributed by atoms with E-state index >= 15 is 0 Å². The second kappa shape index (κ2) is 5.61. The fraction of sp³-hybridized carbons (Fsp3) is 0.733. The molecule has 0 radical (unpaired) electrons. The zero-order valence-electron chi connectivity index (χ0n) is 12.0. The zero-order valence-corrected chi connectivity index (χ0v) is 12.8. The van der Waals surface area contributed by atoms with E-state index in [1.807, 2.05) is 5.38 Å². The van der Waals surface area contributed by atoms with Gasteiger partial charge in [0.15, 0.2) is 0 Å². The van der Waals surface area contributed by atoms with Crippen LogP contribution in [0.5, 0.6) is 0 Å². The van der Waals surface area contributed by atoms with Gasteiger partial charge in [-0.2, -0.15) is 0 Å². The van der Waals surface area contributed by atoms with Crippen LogP contribution in [0.4, 0.5) is 0 Å². The van der Waals surface area contributed by atoms with Crippen molar-refractivity contribution >= 4 is 17.3 Å². The smallest absolute Gasteiger partial charge is 0.315 e. The van der Waals surface area contributed by atoms with Gasteiger partial charge in [0.05, 0.1) is 10.7 Å². The van der Waals surface area contributed by atoms with E-state index in [9.17, 15) is 9.90 Å². The van der Waals surface area contributed by atoms with Crippen LogP contribution in [0.2, 0.25) is 0 Å². The first kappa shape index (κ1) is 14.5. The van der Waals surface area contributed by atoms with E-state index in [0.717, 1.165) is 10.9 Å². The number of aliphatic carboxylic acids is 1. The largest absolute Gasteiger partial charge is 0.481 e. The Balaban J connectivity index is 2.15. The van der Waals surface area contributed by atoms with Crippen LogP contribution in [0.15, 0.2) is 5.38 Å². The van der Waals surface area contributed by atoms with Gasteiger partial charge in [0.25, 0.3) is 0 Å². The van der Waals surface area contributed by atoms with Gasteiger partial charge < -0.3 is 5.11 Å². The molecule has 4 heteroatoms. The maximum Gasteiger partial charge on any atom is 0.315 e. The molecule has 0 aromatic carbocycles. The molecule has 1 fully saturated rings. The van der Waals surface area contributed by atoms with Crippen molar-refractivity contribution in [1.29, 1.82) is 0 Å². The molecule has 1 aliphatic rings. The van der Waals surface area contributed by atoms with Crippen LogP contribution in [-0.4, -0.2) is 16.1 Å². The Bertz CT molecular complexity index is 453. The summed E-state index contributed by atoms with van der Waals surface area (Å²) < 4.78 is 0. The van der Waals surface area contributed by atoms with Crippen molar-refractivity contribution in [3.63, 3.8) is 0 Å². The Morgan fingerprint density at radius 3 is 2.89 bits per heavy atom. The van der Waals surface area contributed by atoms with Gasteiger partial charge in [0.2, 0.25) is 0 Å². The molecule has 0 saturated heterocycles. The topological polar surface area (TPSA) is 50.2 Å². The first-order chi connectivity index (χ1) is 8.95. The predicted molar refractivity (Wildman–Crippen MR) is 77.8 cm³/mol. The summed E-state index contributed by atoms with van der Waals surface area (Å²) in [6.45, 7) is 5.71. The fourth-order valence-electron chi connectivity index (χ4n) is 2.76. The highest BCUT2D eigenvalue weighted by Crippen LogP contribution is 2.39. The van der Waals surface area contributed by atoms with E-state index < -0.39 is 11.4 Å². The van der Waals surface area contributed by atoms with Gasteiger partial charge >= 0.3 is 5.97 Å². The van der Waals surface area contributed by atoms with Crippen molar-refractivity contribution in [3.8, 4) is 0 Å². The third-order valence-corrected chi connectivity index (χ3v) is 5.41. The van der Waals surface area contributed by atoms with E-state index in [-0.39, 0.29) is 0 Å². The van der Waals surface area contributed by atoms with Crippen molar-refractivity contribution in [1.82, 2.24) is 4.98 Å². The van der Waals surface area contributed by atoms with Crippen LogP contribution in [-0.2, 0) is 10.2 Å². The summed E-state index contributed by atoms with van der Waals surface area (Å²) in [6, 6.07) is 0. The number of thiazole rings is 1. The van der Waals surface area contributed by atoms with Gasteiger partial charge in [-0.1, -0.05) is 26.2 Å². The Kier molecular flexibility index (Phi) is 4.29. The summed E-state index contributed by atoms with van der Waals surface area (Å²) >= 11 is 1.64. The average Bonchev–Trinajstić information content (AvgIpc) is 2.89. The third kappa shape index (κ3) is 2.99. The summed E-state index contributed by atoms with van der Waals surface area (Å²) in [7, 11) is 0. The van der Waals surface area contributed by atoms with Crippen LogP contribution in [0.3, 0.4) is 0 Å². The molecule has 1 aromatic heterocycles. The maximum absolute atomic E-state index is 11.3. The summed E-state index contributed by atoms with van der Waals surface area (Å²) in [6.07, 6.45) is 6.29. The Morgan fingerprint density at radius 1 is 1.53 bits per heavy atom. The van der Waals surface area contributed by atoms with Crippen LogP contribution >= 0.6 is 11.3 Å². The first-order valence-electron chi connectivity index (χ1n) is 7.14. The number of rotatable bonds is 4. The molecule has 0 amide bonds. The van der Waals surface area contributed by atoms with Crippen molar-refractivity contribution in [2.24, 2.45) is 5.92 Å². The van der Waals surface area contributed by atoms with Crippen molar-refractivity contribution in [3.05, 3.63) is 16.1 Å². The Morgan fingerprint density at radius 2 is 2.26 bits per heavy atom. The summed E-state index contributed by atoms with van der Waals surface area (Å²) in [5, 5.41) is 12.3. The van der Waals surface area contributed by atoms with Crippen LogP contribution < -0.4 is 0 Å². The Hall–Kier alpha value is -0.900. The molecule has 2 rings (SSSR count). The molecule has 106 valence electrons. The summed E-state index contributed by atoms with van der Waals surface area (Å²) in [4.78, 5) is 15.9. The molecule has 3 nitrogen and oxygen atoms in total. The standard InChI is InChI=1S/C15H23NO2S/c1-4-10-6-5-7-11(8-10)13-16-12(9-19-13)15(2,3)14(17)18/h9-11H,4-8H2,1-3H3,(H,17,18). The molecular weight excluding hydrogens is 258 g/mol. The van der Waals surface area contributed by atoms with Gasteiger partial charge in [0.1, 0.15) is 5.41 Å². The lowest BCUT2D eigenvalue weighted by Crippen LogP contribution is -2.29. The summed E-state index contributed by atoms with van der Waals surface area (Å²) in [5.41, 5.74) is -0.174. The number of carboxylic acids is 1. The van der Waals surface area contributed by atoms with Gasteiger partial charge in [-0.3, -0.25) is 4.79 Å². The van der Waals surface area contributed by atoms with Crippen LogP contribution in [0.1, 0.15) is 69.5 Å². The predicted octanol–water partition coefficient (Wildman–Crippen LogP) is 4.19. The zero-order chi connectivity index (χ0) is 14.0. The molecule has 1 aromatic rings. The van der Waals surface area contributed by atoms with Gasteiger partial charge in [-0.05, 0) is 32.6 Å². The molecule has 0 bridgehead atoms. The lowest BCUT2D eigenvalue weighted by molar-refractivity contribution is -0.142. The number of carboxylic acid groups (broad SMARTS) is 1. The van der Waals surface area contributed by atoms with Crippen molar-refractivity contribution < 1.29 is 9.90 Å². The summed E-state index contributed by atoms with van der Waals surface area (Å²) in [5.74, 6) is 0.556. The number of nitrogens with zero attached hydrogens (tertiary/aromatic N) is 1. The number of aromatic nitrogens is 1. The van der Waals surface area contributed by atoms with Gasteiger partial charge in [-0.15, -0.1) is 11.3 Å². The SMILES string of the molecule is CCC1CCCC(c2nc(C(C)(C)C(=O)O)cs2)C1. The van der Waals surface area contributed by atoms with E-state index in [2.05, 4.69) is 11.9 Å². The molecule has 1 aliphatic carbocycles. The van der Waals surface area contributed by atoms with E-state index in [1.165, 1.54) is 32.1 Å². The highest BCUT2D eigenvalue weighted by molar-refractivity contribution is 7.09. The minimum absolute atomic E-state index is 0.544. The molecular formula is C15H23NO2S. The maximum atomic E-state index is 11.3. The van der Waals surface area contributed by atoms with Crippen molar-refractivity contribution in [2.45, 2.75) is 64.2 Å². The van der Waals surface area contributed by atoms with E-state index in [1.54, 1.807) is 25.2 Å². The molecule has 2 unspecified atom stereocenters. The quantitative estimate of drug-likeness (QED) is 0.900. The normalized spacial score (nSPS) is 24.4. The molecule has 19 heavy (non-hydrogen) atoms. The van der Waals surface area contributed by atoms with E-state index in [0.29, 0.717) is 11.6 Å². The molecule has 2 atom stereocenters. The number of hydrogen-bond acceptors (Lipinski definition) is 3. The van der Waals surface area contributed by atoms with Crippen LogP contribution in [0.25, 0.3) is 0 Å². The van der Waals surface area contributed by atoms with Gasteiger partial charge in [-0.25, -0.2) is 4.98 Å². The molecule has 1 N–H and O–H groups in total. The van der Waals surface area contributed by atoms with Crippen LogP contribution in [0, 0.1) is 5.92 Å². The second-order valence-electron chi connectivity index (χ2n) is 6.14. The average molecular weight is 281 g/mol.